The number of carboxylic acid groups (broad SMARTS) is 1. The van der Waals surface area contributed by atoms with E-state index in [1.54, 1.807) is 20.1 Å². The Morgan fingerprint density at radius 2 is 1.80 bits per heavy atom. The molecule has 0 bridgehead atoms. The molecule has 0 amide bonds. The normalized spacial score (nSPS) is 11.1. The standard InChI is InChI=1S/C17H19NO6S/c1-12-11-15(7-8-16(12)24-10-9-23-2)25(21,22)18-14-5-3-13(4-6-14)17(19)20/h3-8,11,18H,9-10H2,1-2H3,(H,19,20). The van der Waals surface area contributed by atoms with Crippen molar-refractivity contribution in [3.8, 4) is 5.75 Å². The van der Waals surface area contributed by atoms with Crippen LogP contribution < -0.4 is 9.46 Å². The second kappa shape index (κ2) is 8.00. The summed E-state index contributed by atoms with van der Waals surface area (Å²) in [5, 5.41) is 8.86. The van der Waals surface area contributed by atoms with Gasteiger partial charge < -0.3 is 14.6 Å². The van der Waals surface area contributed by atoms with Gasteiger partial charge in [0.25, 0.3) is 10.0 Å². The van der Waals surface area contributed by atoms with Crippen LogP contribution in [0, 0.1) is 6.92 Å². The van der Waals surface area contributed by atoms with E-state index in [9.17, 15) is 13.2 Å². The van der Waals surface area contributed by atoms with Crippen LogP contribution in [0.4, 0.5) is 5.69 Å². The van der Waals surface area contributed by atoms with E-state index in [0.29, 0.717) is 24.5 Å². The number of sulfonamides is 1. The number of aryl methyl sites for hydroxylation is 1. The lowest BCUT2D eigenvalue weighted by atomic mass is 10.2. The summed E-state index contributed by atoms with van der Waals surface area (Å²) in [6.07, 6.45) is 0. The Labute approximate surface area is 146 Å². The van der Waals surface area contributed by atoms with Gasteiger partial charge in [-0.1, -0.05) is 0 Å². The zero-order chi connectivity index (χ0) is 18.4. The highest BCUT2D eigenvalue weighted by molar-refractivity contribution is 7.92. The highest BCUT2D eigenvalue weighted by atomic mass is 32.2. The van der Waals surface area contributed by atoms with Crippen molar-refractivity contribution in [3.63, 3.8) is 0 Å². The van der Waals surface area contributed by atoms with Crippen molar-refractivity contribution in [2.75, 3.05) is 25.0 Å². The summed E-state index contributed by atoms with van der Waals surface area (Å²) in [5.41, 5.74) is 1.04. The van der Waals surface area contributed by atoms with Gasteiger partial charge in [-0.2, -0.15) is 0 Å². The molecule has 25 heavy (non-hydrogen) atoms. The van der Waals surface area contributed by atoms with E-state index in [-0.39, 0.29) is 16.1 Å². The van der Waals surface area contributed by atoms with Crippen LogP contribution >= 0.6 is 0 Å². The van der Waals surface area contributed by atoms with Crippen LogP contribution in [-0.4, -0.2) is 39.8 Å². The van der Waals surface area contributed by atoms with E-state index in [0.717, 1.165) is 0 Å². The monoisotopic (exact) mass is 365 g/mol. The van der Waals surface area contributed by atoms with E-state index in [4.69, 9.17) is 14.6 Å². The minimum Gasteiger partial charge on any atom is -0.491 e. The van der Waals surface area contributed by atoms with E-state index in [2.05, 4.69) is 4.72 Å². The molecular weight excluding hydrogens is 346 g/mol. The van der Waals surface area contributed by atoms with E-state index >= 15 is 0 Å². The third-order valence-electron chi connectivity index (χ3n) is 3.39. The van der Waals surface area contributed by atoms with Gasteiger partial charge in [-0.05, 0) is 55.0 Å². The molecule has 0 aromatic heterocycles. The number of carbonyl (C=O) groups is 1. The predicted molar refractivity (Wildman–Crippen MR) is 92.8 cm³/mol. The molecule has 7 nitrogen and oxygen atoms in total. The van der Waals surface area contributed by atoms with Gasteiger partial charge in [0.1, 0.15) is 12.4 Å². The minimum absolute atomic E-state index is 0.0800. The Hall–Kier alpha value is -2.58. The second-order valence-electron chi connectivity index (χ2n) is 5.26. The van der Waals surface area contributed by atoms with Gasteiger partial charge in [0, 0.05) is 12.8 Å². The largest absolute Gasteiger partial charge is 0.491 e. The van der Waals surface area contributed by atoms with Gasteiger partial charge in [-0.3, -0.25) is 4.72 Å². The quantitative estimate of drug-likeness (QED) is 0.697. The third kappa shape index (κ3) is 4.94. The van der Waals surface area contributed by atoms with E-state index in [1.807, 2.05) is 0 Å². The number of methoxy groups -OCH3 is 1. The molecule has 0 spiro atoms. The van der Waals surface area contributed by atoms with Crippen LogP contribution in [0.15, 0.2) is 47.4 Å². The van der Waals surface area contributed by atoms with E-state index < -0.39 is 16.0 Å². The first kappa shape index (κ1) is 18.8. The van der Waals surface area contributed by atoms with Crippen molar-refractivity contribution in [3.05, 3.63) is 53.6 Å². The smallest absolute Gasteiger partial charge is 0.335 e. The molecule has 0 saturated carbocycles. The number of benzene rings is 2. The van der Waals surface area contributed by atoms with Crippen molar-refractivity contribution in [2.24, 2.45) is 0 Å². The Balaban J connectivity index is 2.15. The van der Waals surface area contributed by atoms with Crippen molar-refractivity contribution in [1.29, 1.82) is 0 Å². The molecule has 0 radical (unpaired) electrons. The van der Waals surface area contributed by atoms with Gasteiger partial charge in [0.2, 0.25) is 0 Å². The van der Waals surface area contributed by atoms with Crippen LogP contribution in [0.2, 0.25) is 0 Å². The van der Waals surface area contributed by atoms with Crippen molar-refractivity contribution in [2.45, 2.75) is 11.8 Å². The Bertz CT molecular complexity index is 846. The zero-order valence-corrected chi connectivity index (χ0v) is 14.7. The average molecular weight is 365 g/mol. The van der Waals surface area contributed by atoms with Crippen LogP contribution in [0.1, 0.15) is 15.9 Å². The first-order valence-corrected chi connectivity index (χ1v) is 8.90. The summed E-state index contributed by atoms with van der Waals surface area (Å²) in [5.74, 6) is -0.490. The maximum atomic E-state index is 12.5. The SMILES string of the molecule is COCCOc1ccc(S(=O)(=O)Nc2ccc(C(=O)O)cc2)cc1C. The number of carboxylic acids is 1. The average Bonchev–Trinajstić information content (AvgIpc) is 2.56. The molecule has 134 valence electrons. The number of nitrogens with one attached hydrogen (secondary N) is 1. The lowest BCUT2D eigenvalue weighted by molar-refractivity contribution is 0.0697. The van der Waals surface area contributed by atoms with Crippen LogP contribution in [0.3, 0.4) is 0 Å². The number of ether oxygens (including phenoxy) is 2. The molecule has 2 rings (SSSR count). The number of rotatable bonds is 8. The van der Waals surface area contributed by atoms with Crippen molar-refractivity contribution >= 4 is 21.7 Å². The molecule has 0 aliphatic heterocycles. The molecule has 2 aromatic carbocycles. The second-order valence-corrected chi connectivity index (χ2v) is 6.94. The maximum Gasteiger partial charge on any atom is 0.335 e. The highest BCUT2D eigenvalue weighted by Gasteiger charge is 2.16. The molecule has 0 atom stereocenters. The number of anilines is 1. The molecule has 0 aliphatic carbocycles. The van der Waals surface area contributed by atoms with Crippen LogP contribution in [0.25, 0.3) is 0 Å². The first-order chi connectivity index (χ1) is 11.8. The third-order valence-corrected chi connectivity index (χ3v) is 4.76. The van der Waals surface area contributed by atoms with Gasteiger partial charge in [0.15, 0.2) is 0 Å². The molecule has 0 heterocycles. The minimum atomic E-state index is -3.79. The van der Waals surface area contributed by atoms with E-state index in [1.165, 1.54) is 36.4 Å². The van der Waals surface area contributed by atoms with Gasteiger partial charge in [-0.15, -0.1) is 0 Å². The fourth-order valence-corrected chi connectivity index (χ4v) is 3.22. The maximum absolute atomic E-state index is 12.5. The lowest BCUT2D eigenvalue weighted by Gasteiger charge is -2.12. The van der Waals surface area contributed by atoms with Crippen molar-refractivity contribution in [1.82, 2.24) is 0 Å². The first-order valence-electron chi connectivity index (χ1n) is 7.42. The summed E-state index contributed by atoms with van der Waals surface area (Å²) in [6, 6.07) is 10.0. The van der Waals surface area contributed by atoms with Crippen LogP contribution in [-0.2, 0) is 14.8 Å². The van der Waals surface area contributed by atoms with Crippen molar-refractivity contribution < 1.29 is 27.8 Å². The Morgan fingerprint density at radius 1 is 1.12 bits per heavy atom. The van der Waals surface area contributed by atoms with Gasteiger partial charge >= 0.3 is 5.97 Å². The molecule has 0 saturated heterocycles. The van der Waals surface area contributed by atoms with Gasteiger partial charge in [0.05, 0.1) is 17.1 Å². The molecule has 0 unspecified atom stereocenters. The number of hydrogen-bond donors (Lipinski definition) is 2. The zero-order valence-electron chi connectivity index (χ0n) is 13.9. The molecule has 8 heteroatoms. The highest BCUT2D eigenvalue weighted by Crippen LogP contribution is 2.23. The number of hydrogen-bond acceptors (Lipinski definition) is 5. The Kier molecular flexibility index (Phi) is 6.00. The molecule has 0 aliphatic rings. The number of aromatic carboxylic acids is 1. The summed E-state index contributed by atoms with van der Waals surface area (Å²) in [7, 11) is -2.22. The molecule has 0 fully saturated rings. The Morgan fingerprint density at radius 3 is 2.36 bits per heavy atom. The molecule has 2 aromatic rings. The fourth-order valence-electron chi connectivity index (χ4n) is 2.08. The fraction of sp³-hybridized carbons (Fsp3) is 0.235. The van der Waals surface area contributed by atoms with Crippen LogP contribution in [0.5, 0.6) is 5.75 Å². The summed E-state index contributed by atoms with van der Waals surface area (Å²) in [4.78, 5) is 10.9. The summed E-state index contributed by atoms with van der Waals surface area (Å²) >= 11 is 0. The summed E-state index contributed by atoms with van der Waals surface area (Å²) < 4.78 is 37.7. The molecule has 2 N–H and O–H groups in total. The predicted octanol–water partition coefficient (Wildman–Crippen LogP) is 2.52. The van der Waals surface area contributed by atoms with Gasteiger partial charge in [-0.25, -0.2) is 13.2 Å². The lowest BCUT2D eigenvalue weighted by Crippen LogP contribution is -2.13. The summed E-state index contributed by atoms with van der Waals surface area (Å²) in [6.45, 7) is 2.56. The molecular formula is C17H19NO6S. The topological polar surface area (TPSA) is 102 Å².